The van der Waals surface area contributed by atoms with Gasteiger partial charge in [0.05, 0.1) is 6.61 Å². The Balaban J connectivity index is 2.39. The fourth-order valence-electron chi connectivity index (χ4n) is 1.27. The highest BCUT2D eigenvalue weighted by Crippen LogP contribution is 2.31. The van der Waals surface area contributed by atoms with E-state index >= 15 is 0 Å². The molecule has 0 N–H and O–H groups in total. The quantitative estimate of drug-likeness (QED) is 0.568. The first kappa shape index (κ1) is 6.80. The number of epoxide rings is 1. The van der Waals surface area contributed by atoms with E-state index in [9.17, 15) is 0 Å². The predicted molar refractivity (Wildman–Crippen MR) is 42.4 cm³/mol. The van der Waals surface area contributed by atoms with Gasteiger partial charge in [-0.05, 0) is 25.5 Å². The summed E-state index contributed by atoms with van der Waals surface area (Å²) < 4.78 is 5.18. The highest BCUT2D eigenvalue weighted by molar-refractivity contribution is 5.28. The highest BCUT2D eigenvalue weighted by Gasteiger charge is 2.26. The first-order valence-electron chi connectivity index (χ1n) is 3.82. The monoisotopic (exact) mass is 149 g/mol. The molecular formula is C9H11NO. The zero-order valence-corrected chi connectivity index (χ0v) is 6.79. The SMILES string of the molecule is Cc1cc(C)c(C2CO2)cn1. The van der Waals surface area contributed by atoms with Gasteiger partial charge in [0.25, 0.3) is 0 Å². The first-order valence-corrected chi connectivity index (χ1v) is 3.82. The van der Waals surface area contributed by atoms with Crippen LogP contribution in [0.1, 0.15) is 22.9 Å². The third kappa shape index (κ3) is 1.26. The summed E-state index contributed by atoms with van der Waals surface area (Å²) in [4.78, 5) is 4.22. The number of hydrogen-bond acceptors (Lipinski definition) is 2. The Morgan fingerprint density at radius 3 is 2.82 bits per heavy atom. The van der Waals surface area contributed by atoms with Crippen LogP contribution in [0.2, 0.25) is 0 Å². The number of aryl methyl sites for hydroxylation is 2. The Labute approximate surface area is 66.2 Å². The standard InChI is InChI=1S/C9H11NO/c1-6-3-7(2)10-4-8(6)9-5-11-9/h3-4,9H,5H2,1-2H3. The zero-order chi connectivity index (χ0) is 7.84. The molecule has 1 atom stereocenters. The summed E-state index contributed by atoms with van der Waals surface area (Å²) in [5, 5.41) is 0. The van der Waals surface area contributed by atoms with Gasteiger partial charge in [-0.2, -0.15) is 0 Å². The van der Waals surface area contributed by atoms with Crippen LogP contribution in [0.25, 0.3) is 0 Å². The minimum Gasteiger partial charge on any atom is -0.368 e. The van der Waals surface area contributed by atoms with Crippen LogP contribution in [-0.4, -0.2) is 11.6 Å². The molecular weight excluding hydrogens is 138 g/mol. The third-order valence-electron chi connectivity index (χ3n) is 1.97. The minimum absolute atomic E-state index is 0.336. The van der Waals surface area contributed by atoms with E-state index in [0.29, 0.717) is 6.10 Å². The summed E-state index contributed by atoms with van der Waals surface area (Å²) in [6.07, 6.45) is 2.26. The zero-order valence-electron chi connectivity index (χ0n) is 6.79. The molecule has 1 unspecified atom stereocenters. The van der Waals surface area contributed by atoms with Crippen LogP contribution in [0.5, 0.6) is 0 Å². The Morgan fingerprint density at radius 1 is 1.55 bits per heavy atom. The van der Waals surface area contributed by atoms with Crippen LogP contribution in [-0.2, 0) is 4.74 Å². The molecule has 1 aromatic heterocycles. The lowest BCUT2D eigenvalue weighted by Gasteiger charge is -2.01. The van der Waals surface area contributed by atoms with Gasteiger partial charge in [-0.15, -0.1) is 0 Å². The summed E-state index contributed by atoms with van der Waals surface area (Å²) in [7, 11) is 0. The van der Waals surface area contributed by atoms with Crippen LogP contribution in [0, 0.1) is 13.8 Å². The maximum atomic E-state index is 5.18. The van der Waals surface area contributed by atoms with E-state index in [-0.39, 0.29) is 0 Å². The second kappa shape index (κ2) is 2.31. The lowest BCUT2D eigenvalue weighted by atomic mass is 10.1. The summed E-state index contributed by atoms with van der Waals surface area (Å²) in [6, 6.07) is 2.09. The molecule has 0 amide bonds. The summed E-state index contributed by atoms with van der Waals surface area (Å²) >= 11 is 0. The smallest absolute Gasteiger partial charge is 0.108 e. The van der Waals surface area contributed by atoms with Gasteiger partial charge in [0.1, 0.15) is 6.10 Å². The molecule has 1 fully saturated rings. The van der Waals surface area contributed by atoms with Crippen LogP contribution in [0.15, 0.2) is 12.3 Å². The number of nitrogens with zero attached hydrogens (tertiary/aromatic N) is 1. The molecule has 2 nitrogen and oxygen atoms in total. The number of hydrogen-bond donors (Lipinski definition) is 0. The second-order valence-electron chi connectivity index (χ2n) is 3.00. The molecule has 2 rings (SSSR count). The lowest BCUT2D eigenvalue weighted by molar-refractivity contribution is 0.414. The topological polar surface area (TPSA) is 25.4 Å². The van der Waals surface area contributed by atoms with Gasteiger partial charge < -0.3 is 4.74 Å². The van der Waals surface area contributed by atoms with Gasteiger partial charge in [0.15, 0.2) is 0 Å². The number of rotatable bonds is 1. The van der Waals surface area contributed by atoms with Crippen molar-refractivity contribution >= 4 is 0 Å². The molecule has 1 aromatic rings. The highest BCUT2D eigenvalue weighted by atomic mass is 16.6. The van der Waals surface area contributed by atoms with E-state index in [1.807, 2.05) is 13.1 Å². The Hall–Kier alpha value is -0.890. The van der Waals surface area contributed by atoms with Crippen molar-refractivity contribution in [1.29, 1.82) is 0 Å². The van der Waals surface area contributed by atoms with Crippen LogP contribution in [0.4, 0.5) is 0 Å². The summed E-state index contributed by atoms with van der Waals surface area (Å²) in [6.45, 7) is 4.97. The fourth-order valence-corrected chi connectivity index (χ4v) is 1.27. The van der Waals surface area contributed by atoms with E-state index < -0.39 is 0 Å². The Bertz CT molecular complexity index is 279. The molecule has 0 saturated carbocycles. The van der Waals surface area contributed by atoms with E-state index in [4.69, 9.17) is 4.74 Å². The Morgan fingerprint density at radius 2 is 2.27 bits per heavy atom. The van der Waals surface area contributed by atoms with Gasteiger partial charge in [-0.1, -0.05) is 0 Å². The summed E-state index contributed by atoms with van der Waals surface area (Å²) in [5.74, 6) is 0. The molecule has 11 heavy (non-hydrogen) atoms. The molecule has 58 valence electrons. The number of aromatic nitrogens is 1. The van der Waals surface area contributed by atoms with E-state index in [1.54, 1.807) is 0 Å². The number of pyridine rings is 1. The lowest BCUT2D eigenvalue weighted by Crippen LogP contribution is -1.90. The van der Waals surface area contributed by atoms with E-state index in [1.165, 1.54) is 11.1 Å². The third-order valence-corrected chi connectivity index (χ3v) is 1.97. The van der Waals surface area contributed by atoms with E-state index in [0.717, 1.165) is 12.3 Å². The molecule has 0 aliphatic carbocycles. The van der Waals surface area contributed by atoms with Gasteiger partial charge >= 0.3 is 0 Å². The van der Waals surface area contributed by atoms with Gasteiger partial charge in [0, 0.05) is 17.5 Å². The van der Waals surface area contributed by atoms with Crippen molar-refractivity contribution in [3.63, 3.8) is 0 Å². The first-order chi connectivity index (χ1) is 5.27. The van der Waals surface area contributed by atoms with Crippen molar-refractivity contribution < 1.29 is 4.74 Å². The molecule has 0 bridgehead atoms. The average Bonchev–Trinajstić information content (AvgIpc) is 2.70. The van der Waals surface area contributed by atoms with Crippen molar-refractivity contribution in [2.45, 2.75) is 20.0 Å². The maximum absolute atomic E-state index is 5.18. The van der Waals surface area contributed by atoms with Crippen molar-refractivity contribution in [3.8, 4) is 0 Å². The van der Waals surface area contributed by atoms with Crippen LogP contribution >= 0.6 is 0 Å². The second-order valence-corrected chi connectivity index (χ2v) is 3.00. The largest absolute Gasteiger partial charge is 0.368 e. The van der Waals surface area contributed by atoms with Gasteiger partial charge in [-0.25, -0.2) is 0 Å². The fraction of sp³-hybridized carbons (Fsp3) is 0.444. The molecule has 1 aliphatic heterocycles. The van der Waals surface area contributed by atoms with Crippen molar-refractivity contribution in [3.05, 3.63) is 29.1 Å². The van der Waals surface area contributed by atoms with E-state index in [2.05, 4.69) is 18.0 Å². The molecule has 1 aliphatic rings. The van der Waals surface area contributed by atoms with Crippen molar-refractivity contribution in [2.24, 2.45) is 0 Å². The molecule has 1 saturated heterocycles. The molecule has 0 spiro atoms. The molecule has 2 heterocycles. The summed E-state index contributed by atoms with van der Waals surface area (Å²) in [5.41, 5.74) is 3.61. The predicted octanol–water partition coefficient (Wildman–Crippen LogP) is 1.77. The number of ether oxygens (including phenoxy) is 1. The van der Waals surface area contributed by atoms with Gasteiger partial charge in [0.2, 0.25) is 0 Å². The minimum atomic E-state index is 0.336. The average molecular weight is 149 g/mol. The van der Waals surface area contributed by atoms with Crippen molar-refractivity contribution in [2.75, 3.05) is 6.61 Å². The van der Waals surface area contributed by atoms with Crippen molar-refractivity contribution in [1.82, 2.24) is 4.98 Å². The molecule has 0 aromatic carbocycles. The van der Waals surface area contributed by atoms with Crippen LogP contribution in [0.3, 0.4) is 0 Å². The maximum Gasteiger partial charge on any atom is 0.108 e. The normalized spacial score (nSPS) is 21.8. The van der Waals surface area contributed by atoms with Gasteiger partial charge in [-0.3, -0.25) is 4.98 Å². The molecule has 0 radical (unpaired) electrons. The Kier molecular flexibility index (Phi) is 1.43. The van der Waals surface area contributed by atoms with Crippen LogP contribution < -0.4 is 0 Å². The molecule has 2 heteroatoms.